The van der Waals surface area contributed by atoms with Gasteiger partial charge in [-0.3, -0.25) is 0 Å². The fourth-order valence-corrected chi connectivity index (χ4v) is 2.59. The summed E-state index contributed by atoms with van der Waals surface area (Å²) >= 11 is 5.93. The van der Waals surface area contributed by atoms with E-state index in [0.717, 1.165) is 31.4 Å². The van der Waals surface area contributed by atoms with E-state index in [4.69, 9.17) is 16.3 Å². The van der Waals surface area contributed by atoms with Gasteiger partial charge in [-0.15, -0.1) is 0 Å². The summed E-state index contributed by atoms with van der Waals surface area (Å²) in [6.45, 7) is 0. The molecule has 0 radical (unpaired) electrons. The first-order valence-electron chi connectivity index (χ1n) is 6.62. The standard InChI is InChI=1S/C16H13ClN2O/c17-13-5-3-6-14(9-13)20-16-12(10-18)8-11-4-1-2-7-15(11)19-16/h3,5-6,8-9H,1-2,4,7H2. The zero-order chi connectivity index (χ0) is 13.9. The van der Waals surface area contributed by atoms with Crippen molar-refractivity contribution < 1.29 is 4.74 Å². The van der Waals surface area contributed by atoms with Gasteiger partial charge in [-0.25, -0.2) is 4.98 Å². The Morgan fingerprint density at radius 3 is 2.85 bits per heavy atom. The molecule has 1 aliphatic carbocycles. The zero-order valence-electron chi connectivity index (χ0n) is 10.9. The topological polar surface area (TPSA) is 45.9 Å². The molecule has 1 aliphatic rings. The van der Waals surface area contributed by atoms with Crippen molar-refractivity contribution in [1.82, 2.24) is 4.98 Å². The van der Waals surface area contributed by atoms with Crippen molar-refractivity contribution in [3.8, 4) is 17.7 Å². The van der Waals surface area contributed by atoms with Gasteiger partial charge >= 0.3 is 0 Å². The summed E-state index contributed by atoms with van der Waals surface area (Å²) in [7, 11) is 0. The molecular formula is C16H13ClN2O. The third kappa shape index (κ3) is 2.61. The lowest BCUT2D eigenvalue weighted by atomic mass is 9.95. The fraction of sp³-hybridized carbons (Fsp3) is 0.250. The summed E-state index contributed by atoms with van der Waals surface area (Å²) in [4.78, 5) is 4.52. The number of aryl methyl sites for hydroxylation is 2. The van der Waals surface area contributed by atoms with Gasteiger partial charge in [0.1, 0.15) is 17.4 Å². The third-order valence-corrected chi connectivity index (χ3v) is 3.63. The second kappa shape index (κ2) is 5.52. The number of rotatable bonds is 2. The SMILES string of the molecule is N#Cc1cc2c(nc1Oc1cccc(Cl)c1)CCCC2. The van der Waals surface area contributed by atoms with Crippen LogP contribution in [0.1, 0.15) is 29.7 Å². The first-order chi connectivity index (χ1) is 9.76. The monoisotopic (exact) mass is 284 g/mol. The predicted molar refractivity (Wildman–Crippen MR) is 77.1 cm³/mol. The van der Waals surface area contributed by atoms with E-state index >= 15 is 0 Å². The second-order valence-electron chi connectivity index (χ2n) is 4.83. The van der Waals surface area contributed by atoms with Crippen LogP contribution in [0.5, 0.6) is 11.6 Å². The lowest BCUT2D eigenvalue weighted by Gasteiger charge is -2.16. The van der Waals surface area contributed by atoms with Gasteiger partial charge < -0.3 is 4.74 Å². The van der Waals surface area contributed by atoms with Crippen molar-refractivity contribution >= 4 is 11.6 Å². The maximum Gasteiger partial charge on any atom is 0.237 e. The number of nitrogens with zero attached hydrogens (tertiary/aromatic N) is 2. The van der Waals surface area contributed by atoms with E-state index in [2.05, 4.69) is 11.1 Å². The molecule has 3 rings (SSSR count). The van der Waals surface area contributed by atoms with Gasteiger partial charge in [0, 0.05) is 10.7 Å². The molecule has 0 atom stereocenters. The lowest BCUT2D eigenvalue weighted by Crippen LogP contribution is -2.07. The van der Waals surface area contributed by atoms with E-state index in [9.17, 15) is 5.26 Å². The smallest absolute Gasteiger partial charge is 0.237 e. The van der Waals surface area contributed by atoms with E-state index in [1.165, 1.54) is 5.56 Å². The van der Waals surface area contributed by atoms with Crippen molar-refractivity contribution in [3.05, 3.63) is 52.2 Å². The highest BCUT2D eigenvalue weighted by molar-refractivity contribution is 6.30. The Hall–Kier alpha value is -2.05. The summed E-state index contributed by atoms with van der Waals surface area (Å²) in [5, 5.41) is 9.85. The van der Waals surface area contributed by atoms with Crippen molar-refractivity contribution in [1.29, 1.82) is 5.26 Å². The number of pyridine rings is 1. The first-order valence-corrected chi connectivity index (χ1v) is 7.00. The fourth-order valence-electron chi connectivity index (χ4n) is 2.41. The van der Waals surface area contributed by atoms with Gasteiger partial charge in [-0.1, -0.05) is 17.7 Å². The molecule has 20 heavy (non-hydrogen) atoms. The molecule has 1 aromatic heterocycles. The molecule has 0 aliphatic heterocycles. The number of aromatic nitrogens is 1. The normalized spacial score (nSPS) is 13.4. The van der Waals surface area contributed by atoms with Crippen LogP contribution < -0.4 is 4.74 Å². The van der Waals surface area contributed by atoms with Crippen LogP contribution >= 0.6 is 11.6 Å². The van der Waals surface area contributed by atoms with Crippen LogP contribution in [0, 0.1) is 11.3 Å². The van der Waals surface area contributed by atoms with Gasteiger partial charge in [-0.2, -0.15) is 5.26 Å². The Kier molecular flexibility index (Phi) is 3.58. The van der Waals surface area contributed by atoms with Crippen LogP contribution in [0.4, 0.5) is 0 Å². The van der Waals surface area contributed by atoms with E-state index in [0.29, 0.717) is 22.2 Å². The summed E-state index contributed by atoms with van der Waals surface area (Å²) in [5.74, 6) is 0.965. The van der Waals surface area contributed by atoms with E-state index in [1.54, 1.807) is 18.2 Å². The van der Waals surface area contributed by atoms with Crippen LogP contribution in [0.2, 0.25) is 5.02 Å². The molecule has 0 unspecified atom stereocenters. The van der Waals surface area contributed by atoms with Crippen molar-refractivity contribution in [2.24, 2.45) is 0 Å². The number of hydrogen-bond donors (Lipinski definition) is 0. The zero-order valence-corrected chi connectivity index (χ0v) is 11.7. The highest BCUT2D eigenvalue weighted by Gasteiger charge is 2.16. The molecule has 1 heterocycles. The molecular weight excluding hydrogens is 272 g/mol. The molecule has 0 N–H and O–H groups in total. The van der Waals surface area contributed by atoms with Gasteiger partial charge in [0.15, 0.2) is 0 Å². The Balaban J connectivity index is 1.98. The van der Waals surface area contributed by atoms with Gasteiger partial charge in [0.05, 0.1) is 0 Å². The number of hydrogen-bond acceptors (Lipinski definition) is 3. The number of halogens is 1. The summed E-state index contributed by atoms with van der Waals surface area (Å²) in [6, 6.07) is 11.2. The predicted octanol–water partition coefficient (Wildman–Crippen LogP) is 4.28. The largest absolute Gasteiger partial charge is 0.438 e. The Labute approximate surface area is 122 Å². The van der Waals surface area contributed by atoms with E-state index < -0.39 is 0 Å². The Bertz CT molecular complexity index is 691. The number of benzene rings is 1. The average molecular weight is 285 g/mol. The molecule has 4 heteroatoms. The minimum absolute atomic E-state index is 0.371. The van der Waals surface area contributed by atoms with Crippen LogP contribution in [0.25, 0.3) is 0 Å². The second-order valence-corrected chi connectivity index (χ2v) is 5.26. The van der Waals surface area contributed by atoms with E-state index in [1.807, 2.05) is 12.1 Å². The highest BCUT2D eigenvalue weighted by Crippen LogP contribution is 2.29. The lowest BCUT2D eigenvalue weighted by molar-refractivity contribution is 0.456. The van der Waals surface area contributed by atoms with Crippen molar-refractivity contribution in [2.45, 2.75) is 25.7 Å². The van der Waals surface area contributed by atoms with Crippen LogP contribution in [0.3, 0.4) is 0 Å². The van der Waals surface area contributed by atoms with E-state index in [-0.39, 0.29) is 0 Å². The highest BCUT2D eigenvalue weighted by atomic mass is 35.5. The Morgan fingerprint density at radius 1 is 1.20 bits per heavy atom. The average Bonchev–Trinajstić information content (AvgIpc) is 2.46. The first kappa shape index (κ1) is 13.0. The number of fused-ring (bicyclic) bond motifs is 1. The molecule has 0 saturated carbocycles. The van der Waals surface area contributed by atoms with Crippen molar-refractivity contribution in [2.75, 3.05) is 0 Å². The quantitative estimate of drug-likeness (QED) is 0.827. The van der Waals surface area contributed by atoms with Crippen molar-refractivity contribution in [3.63, 3.8) is 0 Å². The molecule has 0 fully saturated rings. The number of ether oxygens (including phenoxy) is 1. The molecule has 0 saturated heterocycles. The third-order valence-electron chi connectivity index (χ3n) is 3.40. The van der Waals surface area contributed by atoms with Gasteiger partial charge in [0.25, 0.3) is 0 Å². The minimum Gasteiger partial charge on any atom is -0.438 e. The molecule has 2 aromatic rings. The molecule has 0 bridgehead atoms. The molecule has 0 amide bonds. The van der Waals surface area contributed by atoms with Crippen LogP contribution in [0.15, 0.2) is 30.3 Å². The van der Waals surface area contributed by atoms with Gasteiger partial charge in [-0.05, 0) is 55.5 Å². The van der Waals surface area contributed by atoms with Crippen LogP contribution in [-0.2, 0) is 12.8 Å². The summed E-state index contributed by atoms with van der Waals surface area (Å²) in [6.07, 6.45) is 4.25. The maximum atomic E-state index is 9.26. The summed E-state index contributed by atoms with van der Waals surface area (Å²) < 4.78 is 5.73. The van der Waals surface area contributed by atoms with Crippen LogP contribution in [-0.4, -0.2) is 4.98 Å². The minimum atomic E-state index is 0.371. The number of nitriles is 1. The molecule has 0 spiro atoms. The molecule has 100 valence electrons. The van der Waals surface area contributed by atoms with Gasteiger partial charge in [0.2, 0.25) is 5.88 Å². The maximum absolute atomic E-state index is 9.26. The Morgan fingerprint density at radius 2 is 2.05 bits per heavy atom. The molecule has 3 nitrogen and oxygen atoms in total. The summed E-state index contributed by atoms with van der Waals surface area (Å²) in [5.41, 5.74) is 2.70. The molecule has 1 aromatic carbocycles.